The van der Waals surface area contributed by atoms with Gasteiger partial charge in [-0.25, -0.2) is 4.39 Å². The first-order chi connectivity index (χ1) is 8.15. The highest BCUT2D eigenvalue weighted by Crippen LogP contribution is 2.33. The molecule has 0 bridgehead atoms. The Bertz CT molecular complexity index is 555. The van der Waals surface area contributed by atoms with Gasteiger partial charge in [-0.05, 0) is 29.8 Å². The summed E-state index contributed by atoms with van der Waals surface area (Å²) >= 11 is 0. The average Bonchev–Trinajstić information content (AvgIpc) is 2.33. The van der Waals surface area contributed by atoms with Crippen molar-refractivity contribution in [1.82, 2.24) is 0 Å². The van der Waals surface area contributed by atoms with Gasteiger partial charge in [0.25, 0.3) is 0 Å². The molecule has 2 rings (SSSR count). The Morgan fingerprint density at radius 2 is 1.94 bits per heavy atom. The second-order valence-corrected chi connectivity index (χ2v) is 3.68. The van der Waals surface area contributed by atoms with Crippen molar-refractivity contribution in [2.24, 2.45) is 0 Å². The molecular formula is C13H12FN2O. The molecule has 1 radical (unpaired) electrons. The van der Waals surface area contributed by atoms with Gasteiger partial charge in [-0.15, -0.1) is 0 Å². The van der Waals surface area contributed by atoms with E-state index in [9.17, 15) is 9.50 Å². The van der Waals surface area contributed by atoms with Gasteiger partial charge in [0.1, 0.15) is 0 Å². The normalized spacial score (nSPS) is 10.5. The van der Waals surface area contributed by atoms with Crippen LogP contribution in [0.4, 0.5) is 15.8 Å². The van der Waals surface area contributed by atoms with Crippen LogP contribution in [0.5, 0.6) is 0 Å². The fourth-order valence-electron chi connectivity index (χ4n) is 1.76. The number of hydrogen-bond acceptors (Lipinski definition) is 3. The van der Waals surface area contributed by atoms with E-state index in [1.165, 1.54) is 12.1 Å². The molecule has 0 fully saturated rings. The monoisotopic (exact) mass is 231 g/mol. The molecule has 2 aromatic carbocycles. The van der Waals surface area contributed by atoms with Crippen LogP contribution in [-0.2, 0) is 6.61 Å². The summed E-state index contributed by atoms with van der Waals surface area (Å²) in [5, 5.41) is 9.24. The van der Waals surface area contributed by atoms with E-state index in [1.807, 2.05) is 0 Å². The van der Waals surface area contributed by atoms with Crippen LogP contribution in [0.15, 0.2) is 30.3 Å². The molecule has 5 N–H and O–H groups in total. The maximum Gasteiger partial charge on any atom is 0.153 e. The first-order valence-electron chi connectivity index (χ1n) is 5.08. The molecule has 0 unspecified atom stereocenters. The lowest BCUT2D eigenvalue weighted by atomic mass is 9.97. The second-order valence-electron chi connectivity index (χ2n) is 3.68. The van der Waals surface area contributed by atoms with Crippen LogP contribution in [0.3, 0.4) is 0 Å². The number of hydrogen-bond donors (Lipinski definition) is 3. The second kappa shape index (κ2) is 4.43. The highest BCUT2D eigenvalue weighted by molar-refractivity contribution is 5.81. The number of nitrogen functional groups attached to an aromatic ring is 2. The van der Waals surface area contributed by atoms with E-state index in [-0.39, 0.29) is 12.3 Å². The molecule has 0 aliphatic rings. The Morgan fingerprint density at radius 1 is 1.18 bits per heavy atom. The van der Waals surface area contributed by atoms with E-state index >= 15 is 0 Å². The summed E-state index contributed by atoms with van der Waals surface area (Å²) in [5.41, 5.74) is 13.0. The van der Waals surface area contributed by atoms with Gasteiger partial charge in [-0.1, -0.05) is 12.1 Å². The largest absolute Gasteiger partial charge is 0.398 e. The minimum absolute atomic E-state index is 0.0543. The van der Waals surface area contributed by atoms with Crippen molar-refractivity contribution in [3.8, 4) is 11.1 Å². The number of benzene rings is 2. The Balaban J connectivity index is 2.72. The molecule has 2 aromatic rings. The topological polar surface area (TPSA) is 72.3 Å². The highest BCUT2D eigenvalue weighted by Gasteiger charge is 2.14. The van der Waals surface area contributed by atoms with Crippen LogP contribution in [0.25, 0.3) is 11.1 Å². The predicted octanol–water partition coefficient (Wildman–Crippen LogP) is 1.95. The van der Waals surface area contributed by atoms with E-state index in [4.69, 9.17) is 11.5 Å². The lowest BCUT2D eigenvalue weighted by molar-refractivity contribution is 0.282. The maximum atomic E-state index is 13.9. The standard InChI is InChI=1S/C13H12FN2O/c14-13-9(4-2-6-11(13)16)12-8(7-17)3-1-5-10(12)15/h2-6,17H,7,15-16H2. The fourth-order valence-corrected chi connectivity index (χ4v) is 1.76. The van der Waals surface area contributed by atoms with Crippen molar-refractivity contribution >= 4 is 11.4 Å². The molecule has 0 amide bonds. The van der Waals surface area contributed by atoms with Crippen LogP contribution in [0.1, 0.15) is 5.56 Å². The molecule has 4 heteroatoms. The van der Waals surface area contributed by atoms with Crippen molar-refractivity contribution in [1.29, 1.82) is 0 Å². The zero-order valence-corrected chi connectivity index (χ0v) is 9.07. The smallest absolute Gasteiger partial charge is 0.153 e. The first-order valence-corrected chi connectivity index (χ1v) is 5.08. The van der Waals surface area contributed by atoms with Gasteiger partial charge in [0.15, 0.2) is 5.82 Å². The number of rotatable bonds is 2. The third-order valence-electron chi connectivity index (χ3n) is 2.57. The van der Waals surface area contributed by atoms with Gasteiger partial charge >= 0.3 is 0 Å². The fraction of sp³-hybridized carbons (Fsp3) is 0.0769. The Labute approximate surface area is 98.5 Å². The minimum atomic E-state index is -0.528. The van der Waals surface area contributed by atoms with E-state index in [1.54, 1.807) is 18.2 Å². The van der Waals surface area contributed by atoms with Crippen molar-refractivity contribution in [2.75, 3.05) is 11.5 Å². The third kappa shape index (κ3) is 1.94. The molecule has 0 aromatic heterocycles. The van der Waals surface area contributed by atoms with Crippen molar-refractivity contribution in [3.05, 3.63) is 47.8 Å². The molecule has 0 aliphatic carbocycles. The van der Waals surface area contributed by atoms with Gasteiger partial charge < -0.3 is 16.6 Å². The minimum Gasteiger partial charge on any atom is -0.398 e. The summed E-state index contributed by atoms with van der Waals surface area (Å²) in [6, 6.07) is 10.6. The first kappa shape index (κ1) is 11.4. The zero-order valence-electron chi connectivity index (χ0n) is 9.07. The number of aliphatic hydroxyl groups excluding tert-OH is 1. The summed E-state index contributed by atoms with van der Waals surface area (Å²) < 4.78 is 13.9. The number of halogens is 1. The van der Waals surface area contributed by atoms with Gasteiger partial charge in [0.05, 0.1) is 12.3 Å². The zero-order chi connectivity index (χ0) is 12.4. The van der Waals surface area contributed by atoms with Crippen molar-refractivity contribution in [2.45, 2.75) is 6.61 Å². The van der Waals surface area contributed by atoms with Crippen molar-refractivity contribution < 1.29 is 9.50 Å². The van der Waals surface area contributed by atoms with E-state index in [0.717, 1.165) is 0 Å². The Morgan fingerprint density at radius 3 is 2.65 bits per heavy atom. The SMILES string of the molecule is Nc1cccc(-c2c(N)c[c]cc2CO)c1F. The van der Waals surface area contributed by atoms with Crippen LogP contribution in [-0.4, -0.2) is 5.11 Å². The number of anilines is 2. The molecule has 0 saturated heterocycles. The molecule has 0 heterocycles. The summed E-state index contributed by atoms with van der Waals surface area (Å²) in [5.74, 6) is -0.528. The maximum absolute atomic E-state index is 13.9. The van der Waals surface area contributed by atoms with Crippen LogP contribution < -0.4 is 11.5 Å². The summed E-state index contributed by atoms with van der Waals surface area (Å²) in [6.07, 6.45) is 0. The van der Waals surface area contributed by atoms with E-state index < -0.39 is 5.82 Å². The summed E-state index contributed by atoms with van der Waals surface area (Å²) in [6.45, 7) is -0.231. The molecule has 0 saturated carbocycles. The molecule has 87 valence electrons. The number of aliphatic hydroxyl groups is 1. The molecule has 0 spiro atoms. The lowest BCUT2D eigenvalue weighted by Gasteiger charge is -2.12. The van der Waals surface area contributed by atoms with E-state index in [2.05, 4.69) is 6.07 Å². The van der Waals surface area contributed by atoms with Crippen LogP contribution >= 0.6 is 0 Å². The van der Waals surface area contributed by atoms with Crippen molar-refractivity contribution in [3.63, 3.8) is 0 Å². The van der Waals surface area contributed by atoms with Gasteiger partial charge in [0, 0.05) is 16.8 Å². The molecule has 0 aliphatic heterocycles. The predicted molar refractivity (Wildman–Crippen MR) is 65.4 cm³/mol. The van der Waals surface area contributed by atoms with E-state index in [0.29, 0.717) is 22.4 Å². The molecule has 17 heavy (non-hydrogen) atoms. The molecule has 3 nitrogen and oxygen atoms in total. The lowest BCUT2D eigenvalue weighted by Crippen LogP contribution is -2.00. The molecular weight excluding hydrogens is 219 g/mol. The average molecular weight is 231 g/mol. The Kier molecular flexibility index (Phi) is 2.97. The van der Waals surface area contributed by atoms with Gasteiger partial charge in [-0.3, -0.25) is 0 Å². The van der Waals surface area contributed by atoms with Crippen LogP contribution in [0.2, 0.25) is 0 Å². The summed E-state index contributed by atoms with van der Waals surface area (Å²) in [4.78, 5) is 0. The summed E-state index contributed by atoms with van der Waals surface area (Å²) in [7, 11) is 0. The number of nitrogens with two attached hydrogens (primary N) is 2. The van der Waals surface area contributed by atoms with Gasteiger partial charge in [-0.2, -0.15) is 0 Å². The Hall–Kier alpha value is -2.07. The third-order valence-corrected chi connectivity index (χ3v) is 2.57. The highest BCUT2D eigenvalue weighted by atomic mass is 19.1. The van der Waals surface area contributed by atoms with Crippen LogP contribution in [0, 0.1) is 11.9 Å². The molecule has 0 atom stereocenters. The van der Waals surface area contributed by atoms with Gasteiger partial charge in [0.2, 0.25) is 0 Å². The quantitative estimate of drug-likeness (QED) is 0.692.